The van der Waals surface area contributed by atoms with Crippen LogP contribution < -0.4 is 0 Å². The van der Waals surface area contributed by atoms with Crippen molar-refractivity contribution < 1.29 is 13.6 Å². The summed E-state index contributed by atoms with van der Waals surface area (Å²) < 4.78 is 21.2. The zero-order valence-electron chi connectivity index (χ0n) is 17.2. The highest BCUT2D eigenvalue weighted by Crippen LogP contribution is 2.30. The maximum Gasteiger partial charge on any atom is 0.233 e. The predicted molar refractivity (Wildman–Crippen MR) is 117 cm³/mol. The van der Waals surface area contributed by atoms with E-state index in [1.807, 2.05) is 47.9 Å². The number of para-hydroxylation sites is 1. The van der Waals surface area contributed by atoms with Gasteiger partial charge in [0.15, 0.2) is 11.0 Å². The second-order valence-corrected chi connectivity index (χ2v) is 7.94. The Kier molecular flexibility index (Phi) is 6.18. The van der Waals surface area contributed by atoms with Gasteiger partial charge < -0.3 is 9.32 Å². The Morgan fingerprint density at radius 1 is 1.10 bits per heavy atom. The Bertz CT molecular complexity index is 1190. The third-order valence-electron chi connectivity index (χ3n) is 4.86. The van der Waals surface area contributed by atoms with E-state index in [4.69, 9.17) is 4.42 Å². The van der Waals surface area contributed by atoms with Gasteiger partial charge in [-0.05, 0) is 31.2 Å². The van der Waals surface area contributed by atoms with Gasteiger partial charge in [0, 0.05) is 24.8 Å². The summed E-state index contributed by atoms with van der Waals surface area (Å²) >= 11 is 1.29. The molecule has 158 valence electrons. The summed E-state index contributed by atoms with van der Waals surface area (Å²) in [5, 5.41) is 9.27. The normalized spacial score (nSPS) is 10.9. The molecule has 1 amide bonds. The molecule has 0 bridgehead atoms. The Morgan fingerprint density at radius 3 is 2.55 bits per heavy atom. The number of hydrogen-bond acceptors (Lipinski definition) is 5. The predicted octanol–water partition coefficient (Wildman–Crippen LogP) is 4.73. The fraction of sp³-hybridized carbons (Fsp3) is 0.174. The monoisotopic (exact) mass is 436 g/mol. The first-order valence-corrected chi connectivity index (χ1v) is 10.7. The van der Waals surface area contributed by atoms with Crippen LogP contribution in [0.5, 0.6) is 0 Å². The van der Waals surface area contributed by atoms with Crippen molar-refractivity contribution in [2.45, 2.75) is 18.6 Å². The van der Waals surface area contributed by atoms with Crippen LogP contribution >= 0.6 is 11.8 Å². The first-order valence-electron chi connectivity index (χ1n) is 9.70. The summed E-state index contributed by atoms with van der Waals surface area (Å²) in [7, 11) is 1.66. The molecular formula is C23H21FN4O2S. The molecule has 31 heavy (non-hydrogen) atoms. The van der Waals surface area contributed by atoms with Crippen molar-refractivity contribution in [3.05, 3.63) is 84.1 Å². The lowest BCUT2D eigenvalue weighted by atomic mass is 10.2. The first-order chi connectivity index (χ1) is 15.0. The first kappa shape index (κ1) is 20.9. The topological polar surface area (TPSA) is 64.2 Å². The summed E-state index contributed by atoms with van der Waals surface area (Å²) in [6.07, 6.45) is 1.61. The van der Waals surface area contributed by atoms with Gasteiger partial charge in [0.2, 0.25) is 5.91 Å². The molecule has 0 aliphatic carbocycles. The van der Waals surface area contributed by atoms with Crippen LogP contribution in [0, 0.1) is 12.7 Å². The average molecular weight is 437 g/mol. The number of amides is 1. The lowest BCUT2D eigenvalue weighted by Crippen LogP contribution is -2.28. The van der Waals surface area contributed by atoms with Crippen LogP contribution in [0.1, 0.15) is 11.3 Å². The van der Waals surface area contributed by atoms with E-state index in [1.165, 1.54) is 22.7 Å². The van der Waals surface area contributed by atoms with Crippen LogP contribution in [0.2, 0.25) is 0 Å². The van der Waals surface area contributed by atoms with Gasteiger partial charge in [-0.1, -0.05) is 48.2 Å². The SMILES string of the molecule is Cc1occc1-c1nnc(SCC(=O)N(C)Cc2ccccc2F)n1-c1ccccc1. The molecule has 0 atom stereocenters. The zero-order chi connectivity index (χ0) is 21.8. The Morgan fingerprint density at radius 2 is 1.84 bits per heavy atom. The molecule has 0 fully saturated rings. The molecule has 0 aliphatic rings. The number of halogens is 1. The minimum Gasteiger partial charge on any atom is -0.469 e. The maximum absolute atomic E-state index is 13.9. The minimum absolute atomic E-state index is 0.128. The quantitative estimate of drug-likeness (QED) is 0.392. The molecule has 0 N–H and O–H groups in total. The van der Waals surface area contributed by atoms with Crippen molar-refractivity contribution >= 4 is 17.7 Å². The van der Waals surface area contributed by atoms with Crippen molar-refractivity contribution in [1.82, 2.24) is 19.7 Å². The van der Waals surface area contributed by atoms with Gasteiger partial charge in [-0.15, -0.1) is 10.2 Å². The average Bonchev–Trinajstić information content (AvgIpc) is 3.39. The number of aromatic nitrogens is 3. The number of carbonyl (C=O) groups is 1. The molecular weight excluding hydrogens is 415 g/mol. The van der Waals surface area contributed by atoms with E-state index in [0.29, 0.717) is 16.5 Å². The lowest BCUT2D eigenvalue weighted by molar-refractivity contribution is -0.127. The van der Waals surface area contributed by atoms with Crippen LogP contribution in [0.15, 0.2) is 76.5 Å². The second kappa shape index (κ2) is 9.18. The number of carbonyl (C=O) groups excluding carboxylic acids is 1. The number of hydrogen-bond donors (Lipinski definition) is 0. The Labute approximate surface area is 183 Å². The molecule has 4 aromatic rings. The molecule has 0 aliphatic heterocycles. The van der Waals surface area contributed by atoms with E-state index in [0.717, 1.165) is 17.0 Å². The standard InChI is InChI=1S/C23H21FN4O2S/c1-16-19(12-13-30-16)22-25-26-23(28(22)18-9-4-3-5-10-18)31-15-21(29)27(2)14-17-8-6-7-11-20(17)24/h3-13H,14-15H2,1-2H3. The molecule has 0 spiro atoms. The van der Waals surface area contributed by atoms with Crippen molar-refractivity contribution in [1.29, 1.82) is 0 Å². The third-order valence-corrected chi connectivity index (χ3v) is 5.78. The minimum atomic E-state index is -0.321. The number of furan rings is 1. The number of rotatable bonds is 7. The van der Waals surface area contributed by atoms with Crippen LogP contribution in [-0.4, -0.2) is 38.4 Å². The molecule has 8 heteroatoms. The van der Waals surface area contributed by atoms with Gasteiger partial charge in [0.1, 0.15) is 11.6 Å². The van der Waals surface area contributed by atoms with Gasteiger partial charge in [-0.2, -0.15) is 0 Å². The van der Waals surface area contributed by atoms with Crippen LogP contribution in [0.4, 0.5) is 4.39 Å². The fourth-order valence-electron chi connectivity index (χ4n) is 3.17. The van der Waals surface area contributed by atoms with Crippen LogP contribution in [0.3, 0.4) is 0 Å². The summed E-state index contributed by atoms with van der Waals surface area (Å²) in [4.78, 5) is 14.2. The van der Waals surface area contributed by atoms with E-state index in [9.17, 15) is 9.18 Å². The summed E-state index contributed by atoms with van der Waals surface area (Å²) in [5.74, 6) is 1.09. The number of aryl methyl sites for hydroxylation is 1. The van der Waals surface area contributed by atoms with Gasteiger partial charge in [-0.25, -0.2) is 4.39 Å². The number of nitrogens with zero attached hydrogens (tertiary/aromatic N) is 4. The molecule has 2 aromatic heterocycles. The highest BCUT2D eigenvalue weighted by Gasteiger charge is 2.20. The smallest absolute Gasteiger partial charge is 0.233 e. The largest absolute Gasteiger partial charge is 0.469 e. The molecule has 0 saturated heterocycles. The van der Waals surface area contributed by atoms with E-state index in [1.54, 1.807) is 31.5 Å². The van der Waals surface area contributed by atoms with E-state index >= 15 is 0 Å². The van der Waals surface area contributed by atoms with Crippen molar-refractivity contribution in [3.63, 3.8) is 0 Å². The third kappa shape index (κ3) is 4.54. The van der Waals surface area contributed by atoms with Gasteiger partial charge in [0.25, 0.3) is 0 Å². The number of thioether (sulfide) groups is 1. The van der Waals surface area contributed by atoms with Gasteiger partial charge in [-0.3, -0.25) is 9.36 Å². The summed E-state index contributed by atoms with van der Waals surface area (Å²) in [5.41, 5.74) is 2.21. The zero-order valence-corrected chi connectivity index (χ0v) is 18.0. The van der Waals surface area contributed by atoms with E-state index < -0.39 is 0 Å². The summed E-state index contributed by atoms with van der Waals surface area (Å²) in [6, 6.07) is 18.0. The maximum atomic E-state index is 13.9. The van der Waals surface area contributed by atoms with Gasteiger partial charge in [0.05, 0.1) is 17.6 Å². The molecule has 4 rings (SSSR count). The van der Waals surface area contributed by atoms with Crippen molar-refractivity contribution in [2.75, 3.05) is 12.8 Å². The molecule has 2 heterocycles. The Balaban J connectivity index is 1.55. The second-order valence-electron chi connectivity index (χ2n) is 7.00. The Hall–Kier alpha value is -3.39. The molecule has 0 unspecified atom stereocenters. The highest BCUT2D eigenvalue weighted by molar-refractivity contribution is 7.99. The van der Waals surface area contributed by atoms with Gasteiger partial charge >= 0.3 is 0 Å². The fourth-order valence-corrected chi connectivity index (χ4v) is 4.06. The van der Waals surface area contributed by atoms with Crippen LogP contribution in [0.25, 0.3) is 17.1 Å². The molecule has 6 nitrogen and oxygen atoms in total. The molecule has 2 aromatic carbocycles. The number of benzene rings is 2. The van der Waals surface area contributed by atoms with E-state index in [2.05, 4.69) is 10.2 Å². The molecule has 0 radical (unpaired) electrons. The highest BCUT2D eigenvalue weighted by atomic mass is 32.2. The van der Waals surface area contributed by atoms with Crippen molar-refractivity contribution in [2.24, 2.45) is 0 Å². The van der Waals surface area contributed by atoms with E-state index in [-0.39, 0.29) is 24.0 Å². The van der Waals surface area contributed by atoms with Crippen molar-refractivity contribution in [3.8, 4) is 17.1 Å². The molecule has 0 saturated carbocycles. The lowest BCUT2D eigenvalue weighted by Gasteiger charge is -2.17. The summed E-state index contributed by atoms with van der Waals surface area (Å²) in [6.45, 7) is 2.07. The van der Waals surface area contributed by atoms with Crippen LogP contribution in [-0.2, 0) is 11.3 Å².